The van der Waals surface area contributed by atoms with Gasteiger partial charge in [-0.25, -0.2) is 19.0 Å². The number of methoxy groups -OCH3 is 3. The quantitative estimate of drug-likeness (QED) is 0.398. The molecule has 4 aromatic rings. The molecule has 33 heavy (non-hydrogen) atoms. The Labute approximate surface area is 189 Å². The van der Waals surface area contributed by atoms with E-state index in [9.17, 15) is 9.59 Å². The summed E-state index contributed by atoms with van der Waals surface area (Å²) in [4.78, 5) is 24.5. The highest BCUT2D eigenvalue weighted by molar-refractivity contribution is 6.00. The van der Waals surface area contributed by atoms with Crippen LogP contribution in [-0.2, 0) is 16.0 Å². The van der Waals surface area contributed by atoms with Gasteiger partial charge in [-0.2, -0.15) is 5.10 Å². The molecule has 2 heterocycles. The molecule has 168 valence electrons. The number of hydrogen-bond donors (Lipinski definition) is 0. The predicted molar refractivity (Wildman–Crippen MR) is 117 cm³/mol. The number of ether oxygens (including phenoxy) is 3. The van der Waals surface area contributed by atoms with E-state index in [1.54, 1.807) is 11.8 Å². The van der Waals surface area contributed by atoms with Crippen LogP contribution in [0.4, 0.5) is 0 Å². The lowest BCUT2D eigenvalue weighted by Crippen LogP contribution is -2.17. The Balaban J connectivity index is 1.81. The van der Waals surface area contributed by atoms with Gasteiger partial charge >= 0.3 is 11.9 Å². The van der Waals surface area contributed by atoms with Crippen LogP contribution in [0.25, 0.3) is 16.9 Å². The van der Waals surface area contributed by atoms with E-state index in [1.807, 2.05) is 60.8 Å². The summed E-state index contributed by atoms with van der Waals surface area (Å²) in [6.07, 6.45) is 1.84. The van der Waals surface area contributed by atoms with Gasteiger partial charge in [0.15, 0.2) is 5.69 Å². The first-order chi connectivity index (χ1) is 16.0. The van der Waals surface area contributed by atoms with Crippen molar-refractivity contribution in [1.29, 1.82) is 0 Å². The largest absolute Gasteiger partial charge is 0.497 e. The second-order valence-electron chi connectivity index (χ2n) is 6.94. The molecule has 0 N–H and O–H groups in total. The Morgan fingerprint density at radius 2 is 1.61 bits per heavy atom. The molecule has 0 saturated carbocycles. The number of carbonyl (C=O) groups excluding carboxylic acids is 2. The van der Waals surface area contributed by atoms with Gasteiger partial charge < -0.3 is 14.2 Å². The van der Waals surface area contributed by atoms with Gasteiger partial charge in [0.05, 0.1) is 39.3 Å². The first kappa shape index (κ1) is 21.8. The van der Waals surface area contributed by atoms with Crippen molar-refractivity contribution in [3.63, 3.8) is 0 Å². The molecule has 4 rings (SSSR count). The maximum atomic E-state index is 12.4. The minimum absolute atomic E-state index is 0.0995. The highest BCUT2D eigenvalue weighted by Crippen LogP contribution is 2.27. The topological polar surface area (TPSA) is 110 Å². The van der Waals surface area contributed by atoms with E-state index in [1.165, 1.54) is 18.9 Å². The highest BCUT2D eigenvalue weighted by Gasteiger charge is 2.28. The minimum atomic E-state index is -0.781. The second kappa shape index (κ2) is 9.35. The molecule has 0 fully saturated rings. The van der Waals surface area contributed by atoms with Crippen LogP contribution in [0.3, 0.4) is 0 Å². The van der Waals surface area contributed by atoms with Crippen LogP contribution in [0, 0.1) is 0 Å². The van der Waals surface area contributed by atoms with Crippen LogP contribution in [0.1, 0.15) is 26.5 Å². The van der Waals surface area contributed by atoms with Crippen LogP contribution in [0.5, 0.6) is 5.75 Å². The van der Waals surface area contributed by atoms with Crippen LogP contribution < -0.4 is 4.74 Å². The van der Waals surface area contributed by atoms with E-state index >= 15 is 0 Å². The van der Waals surface area contributed by atoms with E-state index in [-0.39, 0.29) is 17.9 Å². The summed E-state index contributed by atoms with van der Waals surface area (Å²) in [5.41, 5.74) is 2.81. The molecule has 0 aliphatic rings. The van der Waals surface area contributed by atoms with Gasteiger partial charge in [-0.05, 0) is 36.4 Å². The number of hydrogen-bond acceptors (Lipinski definition) is 8. The fourth-order valence-electron chi connectivity index (χ4n) is 3.35. The number of rotatable bonds is 7. The number of carbonyl (C=O) groups is 2. The third kappa shape index (κ3) is 4.31. The fraction of sp³-hybridized carbons (Fsp3) is 0.174. The molecule has 10 nitrogen and oxygen atoms in total. The molecule has 0 spiro atoms. The highest BCUT2D eigenvalue weighted by atomic mass is 16.5. The molecular formula is C23H21N5O5. The van der Waals surface area contributed by atoms with Crippen molar-refractivity contribution in [2.45, 2.75) is 6.54 Å². The van der Waals surface area contributed by atoms with Crippen LogP contribution in [0.2, 0.25) is 0 Å². The van der Waals surface area contributed by atoms with E-state index in [2.05, 4.69) is 10.3 Å². The third-order valence-electron chi connectivity index (χ3n) is 4.99. The van der Waals surface area contributed by atoms with Crippen molar-refractivity contribution in [1.82, 2.24) is 24.8 Å². The molecule has 0 amide bonds. The van der Waals surface area contributed by atoms with Gasteiger partial charge in [0, 0.05) is 17.3 Å². The zero-order chi connectivity index (χ0) is 23.4. The van der Waals surface area contributed by atoms with E-state index in [0.717, 1.165) is 22.6 Å². The molecule has 0 saturated heterocycles. The first-order valence-corrected chi connectivity index (χ1v) is 9.94. The number of benzene rings is 2. The summed E-state index contributed by atoms with van der Waals surface area (Å²) in [5.74, 6) is -0.811. The summed E-state index contributed by atoms with van der Waals surface area (Å²) in [6, 6.07) is 17.1. The average Bonchev–Trinajstić information content (AvgIpc) is 3.48. The lowest BCUT2D eigenvalue weighted by Gasteiger charge is -2.07. The molecule has 0 radical (unpaired) electrons. The Hall–Kier alpha value is -4.47. The molecular weight excluding hydrogens is 426 g/mol. The summed E-state index contributed by atoms with van der Waals surface area (Å²) in [7, 11) is 4.02. The van der Waals surface area contributed by atoms with Gasteiger partial charge in [-0.3, -0.25) is 0 Å². The summed E-state index contributed by atoms with van der Waals surface area (Å²) in [5, 5.41) is 12.6. The lowest BCUT2D eigenvalue weighted by molar-refractivity contribution is 0.0544. The number of para-hydroxylation sites is 1. The Bertz CT molecular complexity index is 1280. The summed E-state index contributed by atoms with van der Waals surface area (Å²) < 4.78 is 17.9. The predicted octanol–water partition coefficient (Wildman–Crippen LogP) is 2.76. The Morgan fingerprint density at radius 3 is 2.24 bits per heavy atom. The minimum Gasteiger partial charge on any atom is -0.497 e. The first-order valence-electron chi connectivity index (χ1n) is 9.94. The third-order valence-corrected chi connectivity index (χ3v) is 4.99. The molecule has 10 heteroatoms. The molecule has 0 bridgehead atoms. The number of nitrogens with zero attached hydrogens (tertiary/aromatic N) is 5. The zero-order valence-corrected chi connectivity index (χ0v) is 18.3. The number of esters is 2. The smallest absolute Gasteiger partial charge is 0.361 e. The van der Waals surface area contributed by atoms with Gasteiger partial charge in [-0.1, -0.05) is 23.4 Å². The van der Waals surface area contributed by atoms with Crippen LogP contribution >= 0.6 is 0 Å². The van der Waals surface area contributed by atoms with E-state index < -0.39 is 11.9 Å². The summed E-state index contributed by atoms with van der Waals surface area (Å²) >= 11 is 0. The van der Waals surface area contributed by atoms with Crippen molar-refractivity contribution in [3.05, 3.63) is 77.7 Å². The zero-order valence-electron chi connectivity index (χ0n) is 18.3. The molecule has 2 aromatic carbocycles. The van der Waals surface area contributed by atoms with Crippen LogP contribution in [-0.4, -0.2) is 58.0 Å². The Morgan fingerprint density at radius 1 is 0.909 bits per heavy atom. The van der Waals surface area contributed by atoms with E-state index in [0.29, 0.717) is 5.69 Å². The monoisotopic (exact) mass is 447 g/mol. The van der Waals surface area contributed by atoms with Crippen molar-refractivity contribution >= 4 is 11.9 Å². The van der Waals surface area contributed by atoms with Crippen molar-refractivity contribution in [2.24, 2.45) is 0 Å². The normalized spacial score (nSPS) is 10.6. The molecule has 2 aromatic heterocycles. The molecule has 0 aliphatic heterocycles. The van der Waals surface area contributed by atoms with Gasteiger partial charge in [0.25, 0.3) is 0 Å². The molecule has 0 aliphatic carbocycles. The maximum Gasteiger partial charge on any atom is 0.361 e. The Kier molecular flexibility index (Phi) is 6.16. The molecule has 0 unspecified atom stereocenters. The fourth-order valence-corrected chi connectivity index (χ4v) is 3.35. The van der Waals surface area contributed by atoms with Crippen molar-refractivity contribution in [2.75, 3.05) is 21.3 Å². The van der Waals surface area contributed by atoms with E-state index in [4.69, 9.17) is 19.3 Å². The standard InChI is InChI=1S/C23H21N5O5/c1-31-18-11-9-15(10-12-18)19-16(13-27(25-19)17-7-5-4-6-8-17)14-28-21(23(30)33-3)20(24-26-28)22(29)32-2/h4-13H,14H2,1-3H3. The number of aromatic nitrogens is 5. The SMILES string of the molecule is COC(=O)c1nnn(Cc2cn(-c3ccccc3)nc2-c2ccc(OC)cc2)c1C(=O)OC. The maximum absolute atomic E-state index is 12.4. The van der Waals surface area contributed by atoms with Gasteiger partial charge in [0.2, 0.25) is 5.69 Å². The van der Waals surface area contributed by atoms with Crippen molar-refractivity contribution < 1.29 is 23.8 Å². The average molecular weight is 447 g/mol. The lowest BCUT2D eigenvalue weighted by atomic mass is 10.1. The van der Waals surface area contributed by atoms with Crippen molar-refractivity contribution in [3.8, 4) is 22.7 Å². The summed E-state index contributed by atoms with van der Waals surface area (Å²) in [6.45, 7) is 0.114. The molecule has 0 atom stereocenters. The second-order valence-corrected chi connectivity index (χ2v) is 6.94. The van der Waals surface area contributed by atoms with Gasteiger partial charge in [-0.15, -0.1) is 5.10 Å². The van der Waals surface area contributed by atoms with Gasteiger partial charge in [0.1, 0.15) is 5.75 Å². The van der Waals surface area contributed by atoms with Crippen LogP contribution in [0.15, 0.2) is 60.8 Å².